The summed E-state index contributed by atoms with van der Waals surface area (Å²) in [6.07, 6.45) is 2.35. The summed E-state index contributed by atoms with van der Waals surface area (Å²) < 4.78 is 0. The lowest BCUT2D eigenvalue weighted by Crippen LogP contribution is -2.35. The van der Waals surface area contributed by atoms with Crippen LogP contribution in [0.4, 0.5) is 0 Å². The number of rotatable bonds is 6. The van der Waals surface area contributed by atoms with Gasteiger partial charge in [0, 0.05) is 31.1 Å². The van der Waals surface area contributed by atoms with Crippen molar-refractivity contribution in [2.75, 3.05) is 0 Å². The van der Waals surface area contributed by atoms with Gasteiger partial charge in [-0.25, -0.2) is 0 Å². The van der Waals surface area contributed by atoms with Crippen molar-refractivity contribution in [2.45, 2.75) is 58.3 Å². The van der Waals surface area contributed by atoms with Crippen molar-refractivity contribution in [3.63, 3.8) is 0 Å². The van der Waals surface area contributed by atoms with Crippen LogP contribution in [0, 0.1) is 11.8 Å². The van der Waals surface area contributed by atoms with E-state index in [1.165, 1.54) is 11.1 Å². The predicted octanol–water partition coefficient (Wildman–Crippen LogP) is 5.71. The summed E-state index contributed by atoms with van der Waals surface area (Å²) in [5, 5.41) is 0. The zero-order chi connectivity index (χ0) is 19.4. The third-order valence-electron chi connectivity index (χ3n) is 5.95. The fraction of sp³-hybridized carbons (Fsp3) is 0.440. The largest absolute Gasteiger partial charge is 0.300 e. The highest BCUT2D eigenvalue weighted by atomic mass is 16.1. The molecule has 0 N–H and O–H groups in total. The average Bonchev–Trinajstić information content (AvgIpc) is 2.66. The fourth-order valence-electron chi connectivity index (χ4n) is 4.41. The van der Waals surface area contributed by atoms with Crippen LogP contribution in [-0.4, -0.2) is 11.6 Å². The molecule has 27 heavy (non-hydrogen) atoms. The molecule has 2 aromatic rings. The highest BCUT2D eigenvalue weighted by molar-refractivity contribution is 5.88. The SMILES string of the molecule is CC(C)c1ccc(C2CC(=O)CC(C)C2C(=O)CCc2ccccc2)cc1. The van der Waals surface area contributed by atoms with Gasteiger partial charge in [-0.15, -0.1) is 0 Å². The van der Waals surface area contributed by atoms with Gasteiger partial charge in [-0.3, -0.25) is 9.59 Å². The summed E-state index contributed by atoms with van der Waals surface area (Å²) in [7, 11) is 0. The minimum absolute atomic E-state index is 0.0192. The van der Waals surface area contributed by atoms with E-state index in [4.69, 9.17) is 0 Å². The Kier molecular flexibility index (Phi) is 6.26. The van der Waals surface area contributed by atoms with Crippen LogP contribution < -0.4 is 0 Å². The summed E-state index contributed by atoms with van der Waals surface area (Å²) in [5.41, 5.74) is 3.63. The van der Waals surface area contributed by atoms with Crippen molar-refractivity contribution in [1.82, 2.24) is 0 Å². The van der Waals surface area contributed by atoms with Crippen molar-refractivity contribution < 1.29 is 9.59 Å². The Morgan fingerprint density at radius 3 is 2.30 bits per heavy atom. The predicted molar refractivity (Wildman–Crippen MR) is 110 cm³/mol. The van der Waals surface area contributed by atoms with Gasteiger partial charge in [0.25, 0.3) is 0 Å². The van der Waals surface area contributed by atoms with E-state index in [0.29, 0.717) is 31.0 Å². The van der Waals surface area contributed by atoms with Crippen molar-refractivity contribution in [1.29, 1.82) is 0 Å². The van der Waals surface area contributed by atoms with Gasteiger partial charge in [0.2, 0.25) is 0 Å². The summed E-state index contributed by atoms with van der Waals surface area (Å²) in [6.45, 7) is 6.42. The Balaban J connectivity index is 1.78. The molecule has 2 aromatic carbocycles. The highest BCUT2D eigenvalue weighted by Gasteiger charge is 2.39. The third kappa shape index (κ3) is 4.74. The summed E-state index contributed by atoms with van der Waals surface area (Å²) >= 11 is 0. The number of carbonyl (C=O) groups is 2. The van der Waals surface area contributed by atoms with Gasteiger partial charge in [-0.2, -0.15) is 0 Å². The summed E-state index contributed by atoms with van der Waals surface area (Å²) in [4.78, 5) is 25.4. The molecule has 0 radical (unpaired) electrons. The highest BCUT2D eigenvalue weighted by Crippen LogP contribution is 2.41. The van der Waals surface area contributed by atoms with E-state index in [-0.39, 0.29) is 23.5 Å². The minimum atomic E-state index is -0.0590. The van der Waals surface area contributed by atoms with Gasteiger partial charge in [-0.05, 0) is 34.9 Å². The maximum absolute atomic E-state index is 13.1. The average molecular weight is 363 g/mol. The molecular weight excluding hydrogens is 332 g/mol. The van der Waals surface area contributed by atoms with Gasteiger partial charge in [0.15, 0.2) is 0 Å². The van der Waals surface area contributed by atoms with Crippen LogP contribution in [0.25, 0.3) is 0 Å². The molecule has 0 amide bonds. The molecule has 1 aliphatic rings. The molecule has 1 fully saturated rings. The molecular formula is C25H30O2. The van der Waals surface area contributed by atoms with Gasteiger partial charge >= 0.3 is 0 Å². The van der Waals surface area contributed by atoms with Gasteiger partial charge in [0.05, 0.1) is 0 Å². The molecule has 1 saturated carbocycles. The van der Waals surface area contributed by atoms with Crippen molar-refractivity contribution in [3.8, 4) is 0 Å². The first-order valence-corrected chi connectivity index (χ1v) is 10.1. The number of hydrogen-bond acceptors (Lipinski definition) is 2. The Hall–Kier alpha value is -2.22. The monoisotopic (exact) mass is 362 g/mol. The normalized spacial score (nSPS) is 22.8. The van der Waals surface area contributed by atoms with Crippen LogP contribution in [0.15, 0.2) is 54.6 Å². The standard InChI is InChI=1S/C25H30O2/c1-17(2)20-10-12-21(13-11-20)23-16-22(26)15-18(3)25(23)24(27)14-9-19-7-5-4-6-8-19/h4-8,10-13,17-18,23,25H,9,14-16H2,1-3H3. The van der Waals surface area contributed by atoms with E-state index in [1.807, 2.05) is 18.2 Å². The third-order valence-corrected chi connectivity index (χ3v) is 5.95. The second kappa shape index (κ2) is 8.65. The Bertz CT molecular complexity index is 774. The quantitative estimate of drug-likeness (QED) is 0.659. The molecule has 1 aliphatic carbocycles. The first-order chi connectivity index (χ1) is 13.0. The molecule has 2 heteroatoms. The Morgan fingerprint density at radius 1 is 1.00 bits per heavy atom. The number of aryl methyl sites for hydroxylation is 1. The molecule has 3 rings (SSSR count). The molecule has 3 atom stereocenters. The number of carbonyl (C=O) groups excluding carboxylic acids is 2. The van der Waals surface area contributed by atoms with Crippen LogP contribution in [0.3, 0.4) is 0 Å². The van der Waals surface area contributed by atoms with Crippen molar-refractivity contribution >= 4 is 11.6 Å². The van der Waals surface area contributed by atoms with Crippen LogP contribution in [-0.2, 0) is 16.0 Å². The van der Waals surface area contributed by atoms with E-state index >= 15 is 0 Å². The first kappa shape index (κ1) is 19.5. The molecule has 0 heterocycles. The second-order valence-electron chi connectivity index (χ2n) is 8.33. The zero-order valence-electron chi connectivity index (χ0n) is 16.7. The summed E-state index contributed by atoms with van der Waals surface area (Å²) in [5.74, 6) is 1.14. The molecule has 0 spiro atoms. The lowest BCUT2D eigenvalue weighted by molar-refractivity contribution is -0.130. The van der Waals surface area contributed by atoms with Crippen LogP contribution in [0.1, 0.15) is 68.6 Å². The molecule has 0 bridgehead atoms. The number of hydrogen-bond donors (Lipinski definition) is 0. The van der Waals surface area contributed by atoms with Crippen molar-refractivity contribution in [3.05, 3.63) is 71.3 Å². The van der Waals surface area contributed by atoms with Gasteiger partial charge < -0.3 is 0 Å². The van der Waals surface area contributed by atoms with E-state index in [2.05, 4.69) is 57.2 Å². The van der Waals surface area contributed by atoms with Crippen LogP contribution in [0.5, 0.6) is 0 Å². The summed E-state index contributed by atoms with van der Waals surface area (Å²) in [6, 6.07) is 18.7. The molecule has 142 valence electrons. The molecule has 3 unspecified atom stereocenters. The minimum Gasteiger partial charge on any atom is -0.300 e. The zero-order valence-corrected chi connectivity index (χ0v) is 16.7. The molecule has 0 saturated heterocycles. The Labute approximate surface area is 163 Å². The van der Waals surface area contributed by atoms with Gasteiger partial charge in [0.1, 0.15) is 11.6 Å². The van der Waals surface area contributed by atoms with Crippen LogP contribution in [0.2, 0.25) is 0 Å². The number of benzene rings is 2. The molecule has 0 aromatic heterocycles. The van der Waals surface area contributed by atoms with Gasteiger partial charge in [-0.1, -0.05) is 75.4 Å². The molecule has 0 aliphatic heterocycles. The first-order valence-electron chi connectivity index (χ1n) is 10.1. The maximum atomic E-state index is 13.1. The van der Waals surface area contributed by atoms with E-state index in [9.17, 15) is 9.59 Å². The maximum Gasteiger partial charge on any atom is 0.137 e. The smallest absolute Gasteiger partial charge is 0.137 e. The van der Waals surface area contributed by atoms with E-state index in [0.717, 1.165) is 12.0 Å². The topological polar surface area (TPSA) is 34.1 Å². The Morgan fingerprint density at radius 2 is 1.67 bits per heavy atom. The lowest BCUT2D eigenvalue weighted by atomic mass is 9.67. The van der Waals surface area contributed by atoms with Crippen molar-refractivity contribution in [2.24, 2.45) is 11.8 Å². The lowest BCUT2D eigenvalue weighted by Gasteiger charge is -2.35. The number of ketones is 2. The molecule has 2 nitrogen and oxygen atoms in total. The second-order valence-corrected chi connectivity index (χ2v) is 8.33. The van der Waals surface area contributed by atoms with E-state index in [1.54, 1.807) is 0 Å². The van der Waals surface area contributed by atoms with Crippen LogP contribution >= 0.6 is 0 Å². The fourth-order valence-corrected chi connectivity index (χ4v) is 4.41. The number of Topliss-reactive ketones (excluding diaryl/α,β-unsaturated/α-hetero) is 2. The van der Waals surface area contributed by atoms with E-state index < -0.39 is 0 Å².